The molecule has 29 heavy (non-hydrogen) atoms. The Balaban J connectivity index is 1.73. The van der Waals surface area contributed by atoms with Crippen molar-refractivity contribution in [2.24, 2.45) is 12.0 Å². The van der Waals surface area contributed by atoms with Crippen molar-refractivity contribution in [1.29, 1.82) is 0 Å². The van der Waals surface area contributed by atoms with E-state index in [4.69, 9.17) is 9.73 Å². The zero-order valence-electron chi connectivity index (χ0n) is 17.4. The maximum atomic E-state index is 5.79. The van der Waals surface area contributed by atoms with Crippen LogP contribution in [-0.2, 0) is 26.7 Å². The van der Waals surface area contributed by atoms with Crippen LogP contribution in [-0.4, -0.2) is 27.3 Å². The van der Waals surface area contributed by atoms with Gasteiger partial charge < -0.3 is 19.9 Å². The third-order valence-electron chi connectivity index (χ3n) is 4.54. The van der Waals surface area contributed by atoms with E-state index in [0.717, 1.165) is 28.9 Å². The summed E-state index contributed by atoms with van der Waals surface area (Å²) >= 11 is 1.72. The van der Waals surface area contributed by atoms with E-state index >= 15 is 0 Å². The molecule has 0 atom stereocenters. The van der Waals surface area contributed by atoms with Crippen LogP contribution < -0.4 is 15.4 Å². The van der Waals surface area contributed by atoms with Crippen LogP contribution >= 0.6 is 11.3 Å². The van der Waals surface area contributed by atoms with Crippen molar-refractivity contribution < 1.29 is 4.74 Å². The van der Waals surface area contributed by atoms with Crippen LogP contribution in [0.5, 0.6) is 5.75 Å². The van der Waals surface area contributed by atoms with Crippen molar-refractivity contribution in [3.63, 3.8) is 0 Å². The highest BCUT2D eigenvalue weighted by atomic mass is 32.1. The minimum Gasteiger partial charge on any atom is -0.494 e. The fourth-order valence-electron chi connectivity index (χ4n) is 2.77. The van der Waals surface area contributed by atoms with Crippen molar-refractivity contribution in [3.05, 3.63) is 63.4 Å². The van der Waals surface area contributed by atoms with Gasteiger partial charge in [0.2, 0.25) is 0 Å². The Morgan fingerprint density at radius 2 is 2.00 bits per heavy atom. The number of ether oxygens (including phenoxy) is 1. The predicted molar refractivity (Wildman–Crippen MR) is 117 cm³/mol. The van der Waals surface area contributed by atoms with E-state index in [0.29, 0.717) is 26.2 Å². The summed E-state index contributed by atoms with van der Waals surface area (Å²) in [5, 5.41) is 17.2. The SMILES string of the molecule is CCOc1cc(C)ccc1CN=C(NCc1cccs1)NCc1nnc(C)n1C. The van der Waals surface area contributed by atoms with Crippen LogP contribution in [0.3, 0.4) is 0 Å². The molecular formula is C21H28N6OS. The standard InChI is InChI=1S/C21H28N6OS/c1-5-28-19-11-15(2)8-9-17(19)12-22-21(23-13-18-7-6-10-29-18)24-14-20-26-25-16(3)27(20)4/h6-11H,5,12-14H2,1-4H3,(H2,22,23,24). The number of nitrogens with one attached hydrogen (secondary N) is 2. The molecule has 0 fully saturated rings. The molecule has 0 spiro atoms. The van der Waals surface area contributed by atoms with Gasteiger partial charge in [0.15, 0.2) is 11.8 Å². The Kier molecular flexibility index (Phi) is 7.24. The average molecular weight is 413 g/mol. The van der Waals surface area contributed by atoms with E-state index in [2.05, 4.69) is 63.5 Å². The first-order valence-corrected chi connectivity index (χ1v) is 10.6. The number of hydrogen-bond donors (Lipinski definition) is 2. The van der Waals surface area contributed by atoms with Gasteiger partial charge in [-0.2, -0.15) is 0 Å². The maximum absolute atomic E-state index is 5.79. The number of hydrogen-bond acceptors (Lipinski definition) is 5. The quantitative estimate of drug-likeness (QED) is 0.438. The minimum absolute atomic E-state index is 0.521. The number of benzene rings is 1. The molecule has 0 amide bonds. The Morgan fingerprint density at radius 1 is 1.17 bits per heavy atom. The Bertz CT molecular complexity index is 948. The van der Waals surface area contributed by atoms with Crippen LogP contribution in [0.25, 0.3) is 0 Å². The largest absolute Gasteiger partial charge is 0.494 e. The van der Waals surface area contributed by atoms with Gasteiger partial charge in [-0.15, -0.1) is 21.5 Å². The molecule has 2 heterocycles. The number of thiophene rings is 1. The lowest BCUT2D eigenvalue weighted by Crippen LogP contribution is -2.37. The summed E-state index contributed by atoms with van der Waals surface area (Å²) in [4.78, 5) is 6.03. The van der Waals surface area contributed by atoms with E-state index in [1.165, 1.54) is 10.4 Å². The number of aromatic nitrogens is 3. The first-order valence-electron chi connectivity index (χ1n) is 9.68. The lowest BCUT2D eigenvalue weighted by Gasteiger charge is -2.13. The first kappa shape index (κ1) is 20.9. The van der Waals surface area contributed by atoms with Gasteiger partial charge in [-0.1, -0.05) is 18.2 Å². The summed E-state index contributed by atoms with van der Waals surface area (Å²) in [6, 6.07) is 10.4. The first-order chi connectivity index (χ1) is 14.1. The van der Waals surface area contributed by atoms with Gasteiger partial charge in [0.05, 0.1) is 26.2 Å². The van der Waals surface area contributed by atoms with Gasteiger partial charge in [-0.3, -0.25) is 0 Å². The van der Waals surface area contributed by atoms with Gasteiger partial charge in [0, 0.05) is 17.5 Å². The van der Waals surface area contributed by atoms with Crippen molar-refractivity contribution in [2.75, 3.05) is 6.61 Å². The molecule has 0 aliphatic heterocycles. The fraction of sp³-hybridized carbons (Fsp3) is 0.381. The van der Waals surface area contributed by atoms with Gasteiger partial charge in [0.25, 0.3) is 0 Å². The summed E-state index contributed by atoms with van der Waals surface area (Å²) in [6.07, 6.45) is 0. The molecule has 3 rings (SSSR count). The highest BCUT2D eigenvalue weighted by Gasteiger charge is 2.08. The number of guanidine groups is 1. The molecule has 0 bridgehead atoms. The number of rotatable bonds is 8. The van der Waals surface area contributed by atoms with E-state index in [9.17, 15) is 0 Å². The van der Waals surface area contributed by atoms with Gasteiger partial charge >= 0.3 is 0 Å². The van der Waals surface area contributed by atoms with E-state index in [1.54, 1.807) is 11.3 Å². The molecule has 3 aromatic rings. The molecule has 8 heteroatoms. The summed E-state index contributed by atoms with van der Waals surface area (Å²) < 4.78 is 7.76. The predicted octanol–water partition coefficient (Wildman–Crippen LogP) is 3.33. The average Bonchev–Trinajstić information content (AvgIpc) is 3.34. The molecule has 154 valence electrons. The maximum Gasteiger partial charge on any atom is 0.192 e. The van der Waals surface area contributed by atoms with Crippen LogP contribution in [0.4, 0.5) is 0 Å². The van der Waals surface area contributed by atoms with Crippen LogP contribution in [0.15, 0.2) is 40.7 Å². The molecule has 0 saturated carbocycles. The number of aliphatic imine (C=N–C) groups is 1. The summed E-state index contributed by atoms with van der Waals surface area (Å²) in [5.41, 5.74) is 2.23. The summed E-state index contributed by atoms with van der Waals surface area (Å²) in [5.74, 6) is 3.35. The third-order valence-corrected chi connectivity index (χ3v) is 5.41. The molecule has 7 nitrogen and oxygen atoms in total. The van der Waals surface area contributed by atoms with Gasteiger partial charge in [-0.05, 0) is 43.8 Å². The van der Waals surface area contributed by atoms with E-state index in [1.807, 2.05) is 25.5 Å². The second kappa shape index (κ2) is 10.1. The molecule has 2 N–H and O–H groups in total. The molecular weight excluding hydrogens is 384 g/mol. The highest BCUT2D eigenvalue weighted by molar-refractivity contribution is 7.09. The van der Waals surface area contributed by atoms with E-state index < -0.39 is 0 Å². The highest BCUT2D eigenvalue weighted by Crippen LogP contribution is 2.21. The van der Waals surface area contributed by atoms with Crippen molar-refractivity contribution >= 4 is 17.3 Å². The molecule has 0 radical (unpaired) electrons. The fourth-order valence-corrected chi connectivity index (χ4v) is 3.42. The normalized spacial score (nSPS) is 11.5. The zero-order chi connectivity index (χ0) is 20.6. The molecule has 2 aromatic heterocycles. The minimum atomic E-state index is 0.521. The van der Waals surface area contributed by atoms with E-state index in [-0.39, 0.29) is 0 Å². The van der Waals surface area contributed by atoms with Gasteiger partial charge in [0.1, 0.15) is 11.6 Å². The third kappa shape index (κ3) is 5.80. The van der Waals surface area contributed by atoms with Crippen molar-refractivity contribution in [2.45, 2.75) is 40.4 Å². The second-order valence-electron chi connectivity index (χ2n) is 6.72. The van der Waals surface area contributed by atoms with Gasteiger partial charge in [-0.25, -0.2) is 4.99 Å². The van der Waals surface area contributed by atoms with Crippen LogP contribution in [0.1, 0.15) is 34.6 Å². The Hall–Kier alpha value is -2.87. The monoisotopic (exact) mass is 412 g/mol. The molecule has 0 saturated heterocycles. The molecule has 0 unspecified atom stereocenters. The van der Waals surface area contributed by atoms with Crippen LogP contribution in [0, 0.1) is 13.8 Å². The van der Waals surface area contributed by atoms with Crippen molar-refractivity contribution in [3.8, 4) is 5.75 Å². The summed E-state index contributed by atoms with van der Waals surface area (Å²) in [7, 11) is 1.96. The number of nitrogens with zero attached hydrogens (tertiary/aromatic N) is 4. The van der Waals surface area contributed by atoms with Crippen molar-refractivity contribution in [1.82, 2.24) is 25.4 Å². The molecule has 0 aliphatic rings. The van der Waals surface area contributed by atoms with Crippen LogP contribution in [0.2, 0.25) is 0 Å². The Labute approximate surface area is 175 Å². The zero-order valence-corrected chi connectivity index (χ0v) is 18.2. The molecule has 0 aliphatic carbocycles. The molecule has 1 aromatic carbocycles. The number of aryl methyl sites for hydroxylation is 2. The Morgan fingerprint density at radius 3 is 2.69 bits per heavy atom. The lowest BCUT2D eigenvalue weighted by molar-refractivity contribution is 0.336. The topological polar surface area (TPSA) is 76.4 Å². The summed E-state index contributed by atoms with van der Waals surface area (Å²) in [6.45, 7) is 8.41. The lowest BCUT2D eigenvalue weighted by atomic mass is 10.1. The smallest absolute Gasteiger partial charge is 0.192 e. The second-order valence-corrected chi connectivity index (χ2v) is 7.75.